The van der Waals surface area contributed by atoms with Crippen LogP contribution in [0.5, 0.6) is 0 Å². The number of hydrogen-bond acceptors (Lipinski definition) is 4. The summed E-state index contributed by atoms with van der Waals surface area (Å²) in [5, 5.41) is 0. The van der Waals surface area contributed by atoms with Gasteiger partial charge in [0.25, 0.3) is 0 Å². The van der Waals surface area contributed by atoms with Crippen LogP contribution in [0.3, 0.4) is 0 Å². The molecule has 0 aliphatic rings. The molecule has 90 valence electrons. The van der Waals surface area contributed by atoms with Crippen molar-refractivity contribution >= 4 is 26.0 Å². The molecule has 0 aliphatic carbocycles. The molecule has 0 unspecified atom stereocenters. The summed E-state index contributed by atoms with van der Waals surface area (Å²) in [5.41, 5.74) is 0. The second-order valence-electron chi connectivity index (χ2n) is 2.73. The van der Waals surface area contributed by atoms with E-state index in [0.29, 0.717) is 0 Å². The summed E-state index contributed by atoms with van der Waals surface area (Å²) in [5.74, 6) is 0. The first kappa shape index (κ1) is 15.0. The zero-order valence-electron chi connectivity index (χ0n) is 8.85. The number of alkyl halides is 1. The summed E-state index contributed by atoms with van der Waals surface area (Å²) in [4.78, 5) is 0. The summed E-state index contributed by atoms with van der Waals surface area (Å²) in [6.45, 7) is 3.88. The lowest BCUT2D eigenvalue weighted by molar-refractivity contribution is -0.107. The van der Waals surface area contributed by atoms with Crippen LogP contribution in [0.2, 0.25) is 0 Å². The summed E-state index contributed by atoms with van der Waals surface area (Å²) >= 11 is 2.93. The topological polar surface area (TPSA) is 55.8 Å². The predicted octanol–water partition coefficient (Wildman–Crippen LogP) is 0.776. The van der Waals surface area contributed by atoms with E-state index in [9.17, 15) is 8.42 Å². The molecule has 0 saturated carbocycles. The lowest BCUT2D eigenvalue weighted by atomic mass is 10.5. The van der Waals surface area contributed by atoms with Crippen LogP contribution in [0.25, 0.3) is 0 Å². The molecule has 0 heterocycles. The van der Waals surface area contributed by atoms with Gasteiger partial charge in [0.05, 0.1) is 6.54 Å². The fourth-order valence-corrected chi connectivity index (χ4v) is 2.61. The van der Waals surface area contributed by atoms with Crippen LogP contribution >= 0.6 is 15.9 Å². The molecule has 0 aromatic carbocycles. The molecule has 0 atom stereocenters. The Bertz CT molecular complexity index is 276. The molecule has 0 fully saturated rings. The van der Waals surface area contributed by atoms with Crippen molar-refractivity contribution in [2.24, 2.45) is 0 Å². The molecule has 15 heavy (non-hydrogen) atoms. The molecule has 0 rings (SSSR count). The first-order valence-corrected chi connectivity index (χ1v) is 6.95. The average Bonchev–Trinajstić information content (AvgIpc) is 2.24. The van der Waals surface area contributed by atoms with Crippen molar-refractivity contribution in [3.05, 3.63) is 12.7 Å². The third-order valence-corrected chi connectivity index (χ3v) is 4.84. The molecule has 0 spiro atoms. The Morgan fingerprint density at radius 1 is 1.47 bits per heavy atom. The molecule has 5 nitrogen and oxygen atoms in total. The highest BCUT2D eigenvalue weighted by Crippen LogP contribution is 2.07. The molecular weight excluding hydrogens is 286 g/mol. The van der Waals surface area contributed by atoms with E-state index in [4.69, 9.17) is 9.47 Å². The summed E-state index contributed by atoms with van der Waals surface area (Å²) in [7, 11) is -0.400. The molecular formula is C8H16BrNO4S. The smallest absolute Gasteiger partial charge is 0.224 e. The van der Waals surface area contributed by atoms with E-state index in [0.717, 1.165) is 0 Å². The van der Waals surface area contributed by atoms with Gasteiger partial charge in [-0.3, -0.25) is 0 Å². The predicted molar refractivity (Wildman–Crippen MR) is 62.3 cm³/mol. The van der Waals surface area contributed by atoms with E-state index in [1.54, 1.807) is 0 Å². The van der Waals surface area contributed by atoms with E-state index in [2.05, 4.69) is 22.5 Å². The summed E-state index contributed by atoms with van der Waals surface area (Å²) in [6.07, 6.45) is 0.946. The maximum absolute atomic E-state index is 11.6. The maximum Gasteiger partial charge on any atom is 0.224 e. The molecule has 0 saturated heterocycles. The second kappa shape index (κ2) is 7.34. The van der Waals surface area contributed by atoms with Crippen molar-refractivity contribution in [1.82, 2.24) is 4.31 Å². The minimum atomic E-state index is -3.32. The molecule has 7 heteroatoms. The van der Waals surface area contributed by atoms with Crippen molar-refractivity contribution in [1.29, 1.82) is 0 Å². The molecule has 0 radical (unpaired) electrons. The Hall–Kier alpha value is 0.0500. The normalized spacial score (nSPS) is 12.3. The van der Waals surface area contributed by atoms with E-state index >= 15 is 0 Å². The van der Waals surface area contributed by atoms with Crippen molar-refractivity contribution in [3.8, 4) is 0 Å². The molecule has 0 aromatic heterocycles. The molecule has 0 amide bonds. The van der Waals surface area contributed by atoms with Gasteiger partial charge < -0.3 is 9.47 Å². The quantitative estimate of drug-likeness (QED) is 0.378. The number of ether oxygens (including phenoxy) is 2. The van der Waals surface area contributed by atoms with Gasteiger partial charge in [0.2, 0.25) is 10.0 Å². The lowest BCUT2D eigenvalue weighted by Gasteiger charge is -2.23. The van der Waals surface area contributed by atoms with E-state index in [1.165, 1.54) is 24.6 Å². The van der Waals surface area contributed by atoms with Gasteiger partial charge in [-0.15, -0.1) is 6.58 Å². The fraction of sp³-hybridized carbons (Fsp3) is 0.750. The largest absolute Gasteiger partial charge is 0.354 e. The third-order valence-electron chi connectivity index (χ3n) is 1.74. The molecule has 0 bridgehead atoms. The van der Waals surface area contributed by atoms with Crippen LogP contribution in [0, 0.1) is 0 Å². The summed E-state index contributed by atoms with van der Waals surface area (Å²) < 4.78 is 34.1. The molecule has 0 aliphatic heterocycles. The minimum absolute atomic E-state index is 0.131. The maximum atomic E-state index is 11.6. The van der Waals surface area contributed by atoms with Crippen molar-refractivity contribution < 1.29 is 17.9 Å². The van der Waals surface area contributed by atoms with Gasteiger partial charge in [-0.25, -0.2) is 8.42 Å². The van der Waals surface area contributed by atoms with Gasteiger partial charge in [-0.1, -0.05) is 22.0 Å². The first-order chi connectivity index (χ1) is 7.01. The Labute approximate surface area is 99.2 Å². The van der Waals surface area contributed by atoms with E-state index in [-0.39, 0.29) is 17.8 Å². The van der Waals surface area contributed by atoms with Crippen LogP contribution in [0.1, 0.15) is 0 Å². The van der Waals surface area contributed by atoms with Gasteiger partial charge in [-0.05, 0) is 0 Å². The van der Waals surface area contributed by atoms with Gasteiger partial charge in [0.15, 0.2) is 6.29 Å². The number of halogens is 1. The SMILES string of the molecule is C=CCN(CC(OC)OC)S(=O)(=O)CBr. The zero-order valence-corrected chi connectivity index (χ0v) is 11.3. The zero-order chi connectivity index (χ0) is 11.9. The number of sulfonamides is 1. The Balaban J connectivity index is 4.60. The standard InChI is InChI=1S/C8H16BrNO4S/c1-4-5-10(15(11,12)7-9)6-8(13-2)14-3/h4,8H,1,5-7H2,2-3H3. The monoisotopic (exact) mass is 301 g/mol. The highest BCUT2D eigenvalue weighted by atomic mass is 79.9. The van der Waals surface area contributed by atoms with Crippen LogP contribution in [-0.2, 0) is 19.5 Å². The van der Waals surface area contributed by atoms with Crippen LogP contribution in [-0.4, -0.2) is 51.0 Å². The van der Waals surface area contributed by atoms with Crippen LogP contribution in [0.4, 0.5) is 0 Å². The number of hydrogen-bond donors (Lipinski definition) is 0. The Morgan fingerprint density at radius 2 is 2.00 bits per heavy atom. The summed E-state index contributed by atoms with van der Waals surface area (Å²) in [6, 6.07) is 0. The number of rotatable bonds is 8. The first-order valence-electron chi connectivity index (χ1n) is 4.22. The van der Waals surface area contributed by atoms with Crippen molar-refractivity contribution in [2.45, 2.75) is 6.29 Å². The van der Waals surface area contributed by atoms with Crippen molar-refractivity contribution in [3.63, 3.8) is 0 Å². The van der Waals surface area contributed by atoms with Gasteiger partial charge in [-0.2, -0.15) is 4.31 Å². The van der Waals surface area contributed by atoms with Crippen molar-refractivity contribution in [2.75, 3.05) is 32.0 Å². The average molecular weight is 302 g/mol. The molecule has 0 N–H and O–H groups in total. The number of nitrogens with zero attached hydrogens (tertiary/aromatic N) is 1. The van der Waals surface area contributed by atoms with Gasteiger partial charge in [0.1, 0.15) is 4.66 Å². The van der Waals surface area contributed by atoms with E-state index in [1.807, 2.05) is 0 Å². The fourth-order valence-electron chi connectivity index (χ4n) is 0.926. The van der Waals surface area contributed by atoms with Gasteiger partial charge in [0, 0.05) is 20.8 Å². The highest BCUT2D eigenvalue weighted by Gasteiger charge is 2.23. The van der Waals surface area contributed by atoms with Crippen LogP contribution in [0.15, 0.2) is 12.7 Å². The Kier molecular flexibility index (Phi) is 7.37. The van der Waals surface area contributed by atoms with Gasteiger partial charge >= 0.3 is 0 Å². The Morgan fingerprint density at radius 3 is 2.33 bits per heavy atom. The van der Waals surface area contributed by atoms with E-state index < -0.39 is 16.3 Å². The second-order valence-corrected chi connectivity index (χ2v) is 6.00. The number of methoxy groups -OCH3 is 2. The third kappa shape index (κ3) is 5.07. The minimum Gasteiger partial charge on any atom is -0.354 e. The highest BCUT2D eigenvalue weighted by molar-refractivity contribution is 9.10. The lowest BCUT2D eigenvalue weighted by Crippen LogP contribution is -2.39. The van der Waals surface area contributed by atoms with Crippen LogP contribution < -0.4 is 0 Å². The molecule has 0 aromatic rings.